The second kappa shape index (κ2) is 6.38. The summed E-state index contributed by atoms with van der Waals surface area (Å²) in [4.78, 5) is 13.7. The van der Waals surface area contributed by atoms with Gasteiger partial charge in [0.1, 0.15) is 17.2 Å². The molecule has 2 rings (SSSR count). The molecule has 0 aromatic heterocycles. The molecule has 0 unspecified atom stereocenters. The van der Waals surface area contributed by atoms with Crippen molar-refractivity contribution in [3.8, 4) is 5.75 Å². The summed E-state index contributed by atoms with van der Waals surface area (Å²) < 4.78 is 24.0. The molecule has 0 radical (unpaired) electrons. The summed E-state index contributed by atoms with van der Waals surface area (Å²) >= 11 is 0. The number of carbonyl (C=O) groups excluding carboxylic acids is 1. The van der Waals surface area contributed by atoms with Crippen LogP contribution in [-0.4, -0.2) is 36.8 Å². The van der Waals surface area contributed by atoms with E-state index in [2.05, 4.69) is 0 Å². The quantitative estimate of drug-likeness (QED) is 0.833. The first-order chi connectivity index (χ1) is 10.3. The molecule has 22 heavy (non-hydrogen) atoms. The molecule has 4 nitrogen and oxygen atoms in total. The van der Waals surface area contributed by atoms with Gasteiger partial charge in [-0.2, -0.15) is 0 Å². The third-order valence-corrected chi connectivity index (χ3v) is 3.34. The summed E-state index contributed by atoms with van der Waals surface area (Å²) in [5, 5.41) is 0. The van der Waals surface area contributed by atoms with E-state index in [1.807, 2.05) is 26.8 Å². The Hall–Kier alpha value is -2.04. The van der Waals surface area contributed by atoms with Crippen LogP contribution in [0.5, 0.6) is 5.75 Å². The van der Waals surface area contributed by atoms with Crippen LogP contribution < -0.4 is 4.74 Å². The maximum Gasteiger partial charge on any atom is 0.410 e. The van der Waals surface area contributed by atoms with Crippen LogP contribution in [0.15, 0.2) is 24.3 Å². The second-order valence-electron chi connectivity index (χ2n) is 6.29. The normalized spacial score (nSPS) is 15.3. The Balaban J connectivity index is 2.08. The number of benzene rings is 1. The summed E-state index contributed by atoms with van der Waals surface area (Å²) in [6.07, 6.45) is 2.27. The molecule has 120 valence electrons. The van der Waals surface area contributed by atoms with Crippen molar-refractivity contribution in [3.63, 3.8) is 0 Å². The molecule has 1 heterocycles. The minimum atomic E-state index is -0.503. The zero-order valence-corrected chi connectivity index (χ0v) is 13.5. The molecule has 0 bridgehead atoms. The van der Waals surface area contributed by atoms with Gasteiger partial charge < -0.3 is 14.4 Å². The molecule has 0 aliphatic carbocycles. The highest BCUT2D eigenvalue weighted by Crippen LogP contribution is 2.27. The van der Waals surface area contributed by atoms with Gasteiger partial charge in [-0.05, 0) is 50.5 Å². The molecule has 0 saturated carbocycles. The van der Waals surface area contributed by atoms with Gasteiger partial charge in [0.15, 0.2) is 0 Å². The van der Waals surface area contributed by atoms with Crippen molar-refractivity contribution in [2.24, 2.45) is 0 Å². The van der Waals surface area contributed by atoms with Crippen LogP contribution in [0, 0.1) is 5.82 Å². The Morgan fingerprint density at radius 1 is 1.27 bits per heavy atom. The third kappa shape index (κ3) is 4.23. The van der Waals surface area contributed by atoms with Gasteiger partial charge in [-0.3, -0.25) is 0 Å². The first-order valence-electron chi connectivity index (χ1n) is 7.30. The van der Waals surface area contributed by atoms with E-state index in [9.17, 15) is 9.18 Å². The van der Waals surface area contributed by atoms with Crippen LogP contribution in [0.3, 0.4) is 0 Å². The number of hydrogen-bond acceptors (Lipinski definition) is 3. The minimum absolute atomic E-state index is 0.320. The zero-order chi connectivity index (χ0) is 16.3. The molecule has 1 aromatic carbocycles. The highest BCUT2D eigenvalue weighted by molar-refractivity contribution is 5.73. The molecule has 0 saturated heterocycles. The van der Waals surface area contributed by atoms with E-state index in [0.717, 1.165) is 11.1 Å². The average Bonchev–Trinajstić information content (AvgIpc) is 2.45. The molecule has 1 aromatic rings. The van der Waals surface area contributed by atoms with Gasteiger partial charge >= 0.3 is 6.09 Å². The summed E-state index contributed by atoms with van der Waals surface area (Å²) in [6.45, 7) is 6.54. The lowest BCUT2D eigenvalue weighted by molar-refractivity contribution is 0.0270. The predicted octanol–water partition coefficient (Wildman–Crippen LogP) is 3.86. The van der Waals surface area contributed by atoms with Crippen LogP contribution in [0.4, 0.5) is 9.18 Å². The molecule has 1 aliphatic rings. The number of rotatable bonds is 2. The largest absolute Gasteiger partial charge is 0.497 e. The number of halogens is 1. The van der Waals surface area contributed by atoms with E-state index >= 15 is 0 Å². The summed E-state index contributed by atoms with van der Waals surface area (Å²) in [7, 11) is 1.51. The fourth-order valence-electron chi connectivity index (χ4n) is 2.29. The van der Waals surface area contributed by atoms with Crippen molar-refractivity contribution in [2.45, 2.75) is 32.8 Å². The van der Waals surface area contributed by atoms with Gasteiger partial charge in [0, 0.05) is 19.2 Å². The number of carbonyl (C=O) groups is 1. The molecule has 0 fully saturated rings. The molecule has 0 spiro atoms. The lowest BCUT2D eigenvalue weighted by Crippen LogP contribution is -2.39. The number of methoxy groups -OCH3 is 1. The van der Waals surface area contributed by atoms with Crippen molar-refractivity contribution in [1.82, 2.24) is 4.90 Å². The van der Waals surface area contributed by atoms with Gasteiger partial charge in [-0.15, -0.1) is 0 Å². The maximum atomic E-state index is 13.6. The number of hydrogen-bond donors (Lipinski definition) is 0. The number of amides is 1. The van der Waals surface area contributed by atoms with E-state index in [0.29, 0.717) is 25.3 Å². The average molecular weight is 307 g/mol. The van der Waals surface area contributed by atoms with E-state index in [1.54, 1.807) is 11.0 Å². The fraction of sp³-hybridized carbons (Fsp3) is 0.471. The smallest absolute Gasteiger partial charge is 0.410 e. The van der Waals surface area contributed by atoms with Crippen molar-refractivity contribution in [3.05, 3.63) is 35.7 Å². The SMILES string of the molecule is COc1cc(F)cc(C2=CCN(C(=O)OC(C)(C)C)CC2)c1. The van der Waals surface area contributed by atoms with Crippen molar-refractivity contribution < 1.29 is 18.7 Å². The van der Waals surface area contributed by atoms with Gasteiger partial charge in [-0.25, -0.2) is 9.18 Å². The predicted molar refractivity (Wildman–Crippen MR) is 83.4 cm³/mol. The van der Waals surface area contributed by atoms with Crippen molar-refractivity contribution >= 4 is 11.7 Å². The first-order valence-corrected chi connectivity index (χ1v) is 7.30. The summed E-state index contributed by atoms with van der Waals surface area (Å²) in [5.74, 6) is 0.162. The minimum Gasteiger partial charge on any atom is -0.497 e. The third-order valence-electron chi connectivity index (χ3n) is 3.34. The molecule has 1 aliphatic heterocycles. The van der Waals surface area contributed by atoms with E-state index in [4.69, 9.17) is 9.47 Å². The van der Waals surface area contributed by atoms with E-state index in [-0.39, 0.29) is 11.9 Å². The molecule has 5 heteroatoms. The fourth-order valence-corrected chi connectivity index (χ4v) is 2.29. The monoisotopic (exact) mass is 307 g/mol. The van der Waals surface area contributed by atoms with Crippen LogP contribution in [0.25, 0.3) is 5.57 Å². The first kappa shape index (κ1) is 16.3. The highest BCUT2D eigenvalue weighted by Gasteiger charge is 2.24. The molecular formula is C17H22FNO3. The van der Waals surface area contributed by atoms with E-state index < -0.39 is 5.60 Å². The standard InChI is InChI=1S/C17H22FNO3/c1-17(2,3)22-16(20)19-7-5-12(6-8-19)13-9-14(18)11-15(10-13)21-4/h5,9-11H,6-8H2,1-4H3. The Morgan fingerprint density at radius 3 is 2.55 bits per heavy atom. The van der Waals surface area contributed by atoms with Crippen molar-refractivity contribution in [2.75, 3.05) is 20.2 Å². The van der Waals surface area contributed by atoms with Crippen molar-refractivity contribution in [1.29, 1.82) is 0 Å². The second-order valence-corrected chi connectivity index (χ2v) is 6.29. The Morgan fingerprint density at radius 2 is 2.00 bits per heavy atom. The lowest BCUT2D eigenvalue weighted by atomic mass is 9.99. The molecule has 0 N–H and O–H groups in total. The summed E-state index contributed by atoms with van der Waals surface area (Å²) in [6, 6.07) is 4.63. The van der Waals surface area contributed by atoms with Crippen LogP contribution in [0.2, 0.25) is 0 Å². The van der Waals surface area contributed by atoms with E-state index in [1.165, 1.54) is 19.2 Å². The van der Waals surface area contributed by atoms with Crippen LogP contribution in [0.1, 0.15) is 32.8 Å². The number of nitrogens with zero attached hydrogens (tertiary/aromatic N) is 1. The lowest BCUT2D eigenvalue weighted by Gasteiger charge is -2.29. The Bertz CT molecular complexity index is 590. The molecule has 1 amide bonds. The maximum absolute atomic E-state index is 13.6. The zero-order valence-electron chi connectivity index (χ0n) is 13.5. The molecular weight excluding hydrogens is 285 g/mol. The van der Waals surface area contributed by atoms with Gasteiger partial charge in [0.05, 0.1) is 7.11 Å². The Labute approximate surface area is 130 Å². The topological polar surface area (TPSA) is 38.8 Å². The van der Waals surface area contributed by atoms with Gasteiger partial charge in [0.2, 0.25) is 0 Å². The highest BCUT2D eigenvalue weighted by atomic mass is 19.1. The van der Waals surface area contributed by atoms with Gasteiger partial charge in [-0.1, -0.05) is 6.08 Å². The summed E-state index contributed by atoms with van der Waals surface area (Å²) in [5.41, 5.74) is 1.30. The molecule has 0 atom stereocenters. The number of ether oxygens (including phenoxy) is 2. The Kier molecular flexibility index (Phi) is 4.74. The van der Waals surface area contributed by atoms with Crippen LogP contribution in [-0.2, 0) is 4.74 Å². The van der Waals surface area contributed by atoms with Crippen LogP contribution >= 0.6 is 0 Å². The van der Waals surface area contributed by atoms with Gasteiger partial charge in [0.25, 0.3) is 0 Å².